The lowest BCUT2D eigenvalue weighted by atomic mass is 10.1. The summed E-state index contributed by atoms with van der Waals surface area (Å²) in [6.45, 7) is 8.72. The lowest BCUT2D eigenvalue weighted by Gasteiger charge is -2.33. The molecular formula is C15H30O8P-. The van der Waals surface area contributed by atoms with Gasteiger partial charge in [0.25, 0.3) is 0 Å². The Labute approximate surface area is 144 Å². The molecule has 0 amide bonds. The number of phosphoric acid groups is 1. The highest BCUT2D eigenvalue weighted by atomic mass is 31.2. The van der Waals surface area contributed by atoms with Gasteiger partial charge < -0.3 is 24.2 Å². The van der Waals surface area contributed by atoms with Gasteiger partial charge in [-0.2, -0.15) is 0 Å². The molecule has 1 fully saturated rings. The predicted molar refractivity (Wildman–Crippen MR) is 85.4 cm³/mol. The molecule has 0 aliphatic carbocycles. The Morgan fingerprint density at radius 2 is 2.08 bits per heavy atom. The Balaban J connectivity index is 2.30. The largest absolute Gasteiger partial charge is 0.852 e. The van der Waals surface area contributed by atoms with Crippen LogP contribution in [-0.4, -0.2) is 54.9 Å². The molecule has 0 bridgehead atoms. The van der Waals surface area contributed by atoms with Gasteiger partial charge in [-0.1, -0.05) is 6.92 Å². The third-order valence-electron chi connectivity index (χ3n) is 3.47. The molecule has 1 rings (SSSR count). The molecular weight excluding hydrogens is 339 g/mol. The zero-order chi connectivity index (χ0) is 18.4. The molecule has 144 valence electrons. The fraction of sp³-hybridized carbons (Fsp3) is 1.00. The molecule has 8 nitrogen and oxygen atoms in total. The first-order valence-electron chi connectivity index (χ1n) is 8.18. The van der Waals surface area contributed by atoms with Gasteiger partial charge >= 0.3 is 7.82 Å². The van der Waals surface area contributed by atoms with Gasteiger partial charge in [0, 0.05) is 5.60 Å². The summed E-state index contributed by atoms with van der Waals surface area (Å²) >= 11 is 0. The van der Waals surface area contributed by atoms with Gasteiger partial charge in [0.2, 0.25) is 0 Å². The average Bonchev–Trinajstić information content (AvgIpc) is 2.83. The third kappa shape index (κ3) is 8.36. The normalized spacial score (nSPS) is 24.7. The van der Waals surface area contributed by atoms with Crippen LogP contribution in [0.25, 0.3) is 0 Å². The van der Waals surface area contributed by atoms with Gasteiger partial charge in [-0.3, -0.25) is 9.05 Å². The van der Waals surface area contributed by atoms with Gasteiger partial charge in [-0.15, -0.1) is 6.61 Å². The van der Waals surface area contributed by atoms with Crippen LogP contribution in [-0.2, 0) is 27.8 Å². The molecule has 0 saturated carbocycles. The van der Waals surface area contributed by atoms with Gasteiger partial charge in [-0.05, 0) is 40.5 Å². The minimum absolute atomic E-state index is 0.00522. The Kier molecular flexibility index (Phi) is 8.29. The van der Waals surface area contributed by atoms with E-state index in [0.717, 1.165) is 0 Å². The fourth-order valence-electron chi connectivity index (χ4n) is 2.19. The topological polar surface area (TPSA) is 107 Å². The van der Waals surface area contributed by atoms with Gasteiger partial charge in [-0.25, -0.2) is 4.57 Å². The van der Waals surface area contributed by atoms with Crippen molar-refractivity contribution in [3.63, 3.8) is 0 Å². The van der Waals surface area contributed by atoms with Crippen LogP contribution in [0.5, 0.6) is 0 Å². The zero-order valence-corrected chi connectivity index (χ0v) is 16.0. The molecule has 0 spiro atoms. The summed E-state index contributed by atoms with van der Waals surface area (Å²) in [5.41, 5.74) is -0.771. The van der Waals surface area contributed by atoms with Crippen molar-refractivity contribution >= 4 is 7.82 Å². The lowest BCUT2D eigenvalue weighted by Crippen LogP contribution is -2.39. The van der Waals surface area contributed by atoms with Crippen LogP contribution in [0.3, 0.4) is 0 Å². The van der Waals surface area contributed by atoms with Gasteiger partial charge in [0.05, 0.1) is 25.9 Å². The van der Waals surface area contributed by atoms with Crippen LogP contribution in [0.2, 0.25) is 0 Å². The molecule has 0 radical (unpaired) electrons. The number of ether oxygens (including phenoxy) is 3. The maximum Gasteiger partial charge on any atom is 0.472 e. The summed E-state index contributed by atoms with van der Waals surface area (Å²) in [5, 5.41) is 11.0. The standard InChI is InChI=1S/C15H30O8P/c1-6-12(22-14(2,3)11-16)7-8-20-24(17,18)21-10-13-9-19-15(4,5)23-13/h12-13H,6-11H2,1-5H3,(H,17,18)/q-1/t12-,13-/m1/s1. The van der Waals surface area contributed by atoms with E-state index in [1.807, 2.05) is 6.92 Å². The first-order valence-corrected chi connectivity index (χ1v) is 9.68. The van der Waals surface area contributed by atoms with Crippen molar-refractivity contribution in [2.75, 3.05) is 26.4 Å². The van der Waals surface area contributed by atoms with E-state index < -0.39 is 25.3 Å². The van der Waals surface area contributed by atoms with E-state index in [-0.39, 0.29) is 25.9 Å². The Morgan fingerprint density at radius 1 is 1.42 bits per heavy atom. The quantitative estimate of drug-likeness (QED) is 0.547. The Hall–Kier alpha value is -0.0500. The average molecular weight is 369 g/mol. The first kappa shape index (κ1) is 22.0. The Morgan fingerprint density at radius 3 is 2.58 bits per heavy atom. The van der Waals surface area contributed by atoms with E-state index in [4.69, 9.17) is 23.3 Å². The van der Waals surface area contributed by atoms with Gasteiger partial charge in [0.15, 0.2) is 5.79 Å². The maximum atomic E-state index is 11.9. The number of phosphoric ester groups is 1. The minimum Gasteiger partial charge on any atom is -0.852 e. The fourth-order valence-corrected chi connectivity index (χ4v) is 2.96. The first-order chi connectivity index (χ1) is 11.0. The number of hydrogen-bond acceptors (Lipinski definition) is 7. The molecule has 9 heteroatoms. The summed E-state index contributed by atoms with van der Waals surface area (Å²) in [6, 6.07) is 0. The van der Waals surface area contributed by atoms with E-state index in [0.29, 0.717) is 19.4 Å². The van der Waals surface area contributed by atoms with E-state index in [2.05, 4.69) is 0 Å². The van der Waals surface area contributed by atoms with Crippen molar-refractivity contribution in [2.24, 2.45) is 0 Å². The minimum atomic E-state index is -4.16. The van der Waals surface area contributed by atoms with Crippen molar-refractivity contribution in [3.8, 4) is 0 Å². The second-order valence-electron chi connectivity index (χ2n) is 6.89. The van der Waals surface area contributed by atoms with Crippen LogP contribution in [0, 0.1) is 0 Å². The van der Waals surface area contributed by atoms with E-state index in [1.54, 1.807) is 27.7 Å². The number of hydrogen-bond donors (Lipinski definition) is 1. The predicted octanol–water partition coefficient (Wildman–Crippen LogP) is 1.60. The van der Waals surface area contributed by atoms with E-state index in [9.17, 15) is 14.6 Å². The molecule has 3 atom stereocenters. The molecule has 0 aromatic carbocycles. The van der Waals surface area contributed by atoms with Crippen LogP contribution in [0.15, 0.2) is 0 Å². The summed E-state index contributed by atoms with van der Waals surface area (Å²) in [6.07, 6.45) is 0.435. The molecule has 1 N–H and O–H groups in total. The van der Waals surface area contributed by atoms with Crippen LogP contribution in [0.4, 0.5) is 0 Å². The second kappa shape index (κ2) is 9.05. The SMILES string of the molecule is CC[C@H](CCOP(=O)(O)OC[C@H]1COC(C)(C)O1)OC(C)(C)C[O-]. The molecule has 1 aliphatic heterocycles. The van der Waals surface area contributed by atoms with Gasteiger partial charge in [0.1, 0.15) is 6.10 Å². The zero-order valence-electron chi connectivity index (χ0n) is 15.1. The highest BCUT2D eigenvalue weighted by Gasteiger charge is 2.34. The molecule has 1 saturated heterocycles. The molecule has 1 unspecified atom stereocenters. The second-order valence-corrected chi connectivity index (χ2v) is 8.34. The van der Waals surface area contributed by atoms with E-state index in [1.165, 1.54) is 0 Å². The highest BCUT2D eigenvalue weighted by Crippen LogP contribution is 2.44. The van der Waals surface area contributed by atoms with Crippen molar-refractivity contribution in [1.82, 2.24) is 0 Å². The van der Waals surface area contributed by atoms with Crippen LogP contribution in [0.1, 0.15) is 47.5 Å². The summed E-state index contributed by atoms with van der Waals surface area (Å²) in [5.74, 6) is -0.714. The van der Waals surface area contributed by atoms with Crippen molar-refractivity contribution < 1.29 is 37.8 Å². The maximum absolute atomic E-state index is 11.9. The van der Waals surface area contributed by atoms with Crippen LogP contribution >= 0.6 is 7.82 Å². The molecule has 1 aliphatic rings. The van der Waals surface area contributed by atoms with E-state index >= 15 is 0 Å². The summed E-state index contributed by atoms with van der Waals surface area (Å²) in [7, 11) is -4.16. The summed E-state index contributed by atoms with van der Waals surface area (Å²) in [4.78, 5) is 9.69. The smallest absolute Gasteiger partial charge is 0.472 e. The molecule has 0 aromatic rings. The van der Waals surface area contributed by atoms with Crippen molar-refractivity contribution in [2.45, 2.75) is 71.1 Å². The summed E-state index contributed by atoms with van der Waals surface area (Å²) < 4.78 is 38.3. The molecule has 0 aromatic heterocycles. The highest BCUT2D eigenvalue weighted by molar-refractivity contribution is 7.47. The monoisotopic (exact) mass is 369 g/mol. The molecule has 24 heavy (non-hydrogen) atoms. The third-order valence-corrected chi connectivity index (χ3v) is 4.46. The van der Waals surface area contributed by atoms with Crippen molar-refractivity contribution in [1.29, 1.82) is 0 Å². The number of rotatable bonds is 11. The lowest BCUT2D eigenvalue weighted by molar-refractivity contribution is -0.402. The Bertz CT molecular complexity index is 426. The van der Waals surface area contributed by atoms with Crippen molar-refractivity contribution in [3.05, 3.63) is 0 Å². The van der Waals surface area contributed by atoms with Crippen LogP contribution < -0.4 is 5.11 Å². The molecule has 1 heterocycles.